The summed E-state index contributed by atoms with van der Waals surface area (Å²) in [7, 11) is -2.92. The highest BCUT2D eigenvalue weighted by Gasteiger charge is 2.08. The predicted octanol–water partition coefficient (Wildman–Crippen LogP) is 0.894. The van der Waals surface area contributed by atoms with E-state index in [0.29, 0.717) is 16.7 Å². The Bertz CT molecular complexity index is 440. The molecular weight excluding hydrogens is 246 g/mol. The minimum absolute atomic E-state index is 0.144. The standard InChI is InChI=1S/C9H15N3O2S2/c1-3-16(13,14)5-4-15-9-11-7(2)6-8(10)12-9/h6H,3-5H2,1-2H3,(H2,10,11,12). The van der Waals surface area contributed by atoms with Crippen molar-refractivity contribution in [1.82, 2.24) is 9.97 Å². The van der Waals surface area contributed by atoms with Crippen molar-refractivity contribution >= 4 is 27.4 Å². The molecule has 0 spiro atoms. The number of anilines is 1. The van der Waals surface area contributed by atoms with Crippen molar-refractivity contribution in [2.45, 2.75) is 19.0 Å². The molecule has 1 rings (SSSR count). The summed E-state index contributed by atoms with van der Waals surface area (Å²) in [5.41, 5.74) is 6.35. The van der Waals surface area contributed by atoms with E-state index in [0.717, 1.165) is 5.69 Å². The zero-order chi connectivity index (χ0) is 12.2. The second kappa shape index (κ2) is 5.49. The highest BCUT2D eigenvalue weighted by molar-refractivity contribution is 8.00. The lowest BCUT2D eigenvalue weighted by atomic mass is 10.4. The number of aryl methyl sites for hydroxylation is 1. The molecule has 1 heterocycles. The van der Waals surface area contributed by atoms with Crippen LogP contribution in [0.5, 0.6) is 0 Å². The fraction of sp³-hybridized carbons (Fsp3) is 0.556. The van der Waals surface area contributed by atoms with E-state index in [1.54, 1.807) is 13.0 Å². The van der Waals surface area contributed by atoms with Gasteiger partial charge in [0.1, 0.15) is 5.82 Å². The van der Waals surface area contributed by atoms with Crippen LogP contribution in [0.25, 0.3) is 0 Å². The van der Waals surface area contributed by atoms with E-state index in [-0.39, 0.29) is 11.5 Å². The lowest BCUT2D eigenvalue weighted by Gasteiger charge is -2.02. The number of thioether (sulfide) groups is 1. The minimum Gasteiger partial charge on any atom is -0.384 e. The van der Waals surface area contributed by atoms with E-state index >= 15 is 0 Å². The lowest BCUT2D eigenvalue weighted by Crippen LogP contribution is -2.10. The molecule has 0 aliphatic carbocycles. The van der Waals surface area contributed by atoms with E-state index in [1.165, 1.54) is 11.8 Å². The van der Waals surface area contributed by atoms with Gasteiger partial charge in [-0.25, -0.2) is 18.4 Å². The van der Waals surface area contributed by atoms with Crippen LogP contribution in [0.15, 0.2) is 11.2 Å². The second-order valence-corrected chi connectivity index (χ2v) is 6.84. The first-order valence-electron chi connectivity index (χ1n) is 4.87. The van der Waals surface area contributed by atoms with E-state index in [1.807, 2.05) is 6.92 Å². The monoisotopic (exact) mass is 261 g/mol. The zero-order valence-corrected chi connectivity index (χ0v) is 10.9. The van der Waals surface area contributed by atoms with Gasteiger partial charge in [0.2, 0.25) is 0 Å². The van der Waals surface area contributed by atoms with Gasteiger partial charge in [-0.3, -0.25) is 0 Å². The van der Waals surface area contributed by atoms with Crippen LogP contribution in [-0.4, -0.2) is 35.6 Å². The van der Waals surface area contributed by atoms with Crippen molar-refractivity contribution in [1.29, 1.82) is 0 Å². The van der Waals surface area contributed by atoms with Crippen LogP contribution in [0.4, 0.5) is 5.82 Å². The smallest absolute Gasteiger partial charge is 0.189 e. The molecule has 2 N–H and O–H groups in total. The summed E-state index contributed by atoms with van der Waals surface area (Å²) in [5, 5.41) is 0.531. The van der Waals surface area contributed by atoms with Gasteiger partial charge in [-0.2, -0.15) is 0 Å². The fourth-order valence-electron chi connectivity index (χ4n) is 1.03. The second-order valence-electron chi connectivity index (χ2n) is 3.30. The van der Waals surface area contributed by atoms with Crippen molar-refractivity contribution in [3.8, 4) is 0 Å². The largest absolute Gasteiger partial charge is 0.384 e. The van der Waals surface area contributed by atoms with Crippen molar-refractivity contribution in [3.05, 3.63) is 11.8 Å². The average Bonchev–Trinajstić information content (AvgIpc) is 2.16. The number of aromatic nitrogens is 2. The van der Waals surface area contributed by atoms with Gasteiger partial charge in [0.15, 0.2) is 15.0 Å². The SMILES string of the molecule is CCS(=O)(=O)CCSc1nc(C)cc(N)n1. The molecule has 1 aromatic rings. The lowest BCUT2D eigenvalue weighted by molar-refractivity contribution is 0.599. The molecule has 0 amide bonds. The summed E-state index contributed by atoms with van der Waals surface area (Å²) in [4.78, 5) is 8.17. The highest BCUT2D eigenvalue weighted by atomic mass is 32.2. The molecule has 0 aromatic carbocycles. The van der Waals surface area contributed by atoms with Gasteiger partial charge in [-0.05, 0) is 6.92 Å². The van der Waals surface area contributed by atoms with E-state index in [2.05, 4.69) is 9.97 Å². The molecule has 1 aromatic heterocycles. The number of nitrogens with two attached hydrogens (primary N) is 1. The van der Waals surface area contributed by atoms with Crippen LogP contribution in [-0.2, 0) is 9.84 Å². The zero-order valence-electron chi connectivity index (χ0n) is 9.30. The van der Waals surface area contributed by atoms with Gasteiger partial charge in [0.25, 0.3) is 0 Å². The van der Waals surface area contributed by atoms with Crippen LogP contribution in [0.3, 0.4) is 0 Å². The first-order chi connectivity index (χ1) is 7.43. The molecule has 0 radical (unpaired) electrons. The number of nitrogen functional groups attached to an aromatic ring is 1. The maximum Gasteiger partial charge on any atom is 0.189 e. The summed E-state index contributed by atoms with van der Waals surface area (Å²) < 4.78 is 22.5. The molecule has 90 valence electrons. The molecule has 16 heavy (non-hydrogen) atoms. The van der Waals surface area contributed by atoms with Crippen LogP contribution >= 0.6 is 11.8 Å². The summed E-state index contributed by atoms with van der Waals surface area (Å²) >= 11 is 1.31. The van der Waals surface area contributed by atoms with Crippen LogP contribution in [0.2, 0.25) is 0 Å². The first-order valence-corrected chi connectivity index (χ1v) is 7.68. The maximum absolute atomic E-state index is 11.2. The normalized spacial score (nSPS) is 11.6. The quantitative estimate of drug-likeness (QED) is 0.626. The molecule has 0 aliphatic heterocycles. The Kier molecular flexibility index (Phi) is 4.55. The molecule has 0 fully saturated rings. The van der Waals surface area contributed by atoms with E-state index in [4.69, 9.17) is 5.73 Å². The van der Waals surface area contributed by atoms with Crippen LogP contribution < -0.4 is 5.73 Å². The van der Waals surface area contributed by atoms with Gasteiger partial charge < -0.3 is 5.73 Å². The fourth-order valence-corrected chi connectivity index (χ4v) is 3.23. The summed E-state index contributed by atoms with van der Waals surface area (Å²) in [6.45, 7) is 3.46. The number of nitrogens with zero attached hydrogens (tertiary/aromatic N) is 2. The molecule has 0 bridgehead atoms. The third-order valence-corrected chi connectivity index (χ3v) is 4.73. The van der Waals surface area contributed by atoms with Crippen LogP contribution in [0, 0.1) is 6.92 Å². The van der Waals surface area contributed by atoms with Crippen LogP contribution in [0.1, 0.15) is 12.6 Å². The summed E-state index contributed by atoms with van der Waals surface area (Å²) in [6.07, 6.45) is 0. The van der Waals surface area contributed by atoms with Crippen molar-refractivity contribution in [3.63, 3.8) is 0 Å². The Morgan fingerprint density at radius 1 is 1.44 bits per heavy atom. The van der Waals surface area contributed by atoms with Crippen molar-refractivity contribution in [2.24, 2.45) is 0 Å². The number of rotatable bonds is 5. The minimum atomic E-state index is -2.92. The third-order valence-electron chi connectivity index (χ3n) is 1.92. The number of sulfone groups is 1. The molecule has 0 saturated carbocycles. The Labute approximate surface area is 99.8 Å². The molecule has 5 nitrogen and oxygen atoms in total. The molecule has 0 unspecified atom stereocenters. The van der Waals surface area contributed by atoms with Gasteiger partial charge >= 0.3 is 0 Å². The Morgan fingerprint density at radius 2 is 2.12 bits per heavy atom. The molecule has 7 heteroatoms. The van der Waals surface area contributed by atoms with Crippen molar-refractivity contribution in [2.75, 3.05) is 23.0 Å². The Morgan fingerprint density at radius 3 is 2.69 bits per heavy atom. The number of hydrogen-bond donors (Lipinski definition) is 1. The van der Waals surface area contributed by atoms with E-state index in [9.17, 15) is 8.42 Å². The number of hydrogen-bond acceptors (Lipinski definition) is 6. The Balaban J connectivity index is 2.55. The highest BCUT2D eigenvalue weighted by Crippen LogP contribution is 2.15. The maximum atomic E-state index is 11.2. The molecule has 0 saturated heterocycles. The Hall–Kier alpha value is -0.820. The topological polar surface area (TPSA) is 85.9 Å². The van der Waals surface area contributed by atoms with Gasteiger partial charge in [-0.15, -0.1) is 0 Å². The molecular formula is C9H15N3O2S2. The first kappa shape index (κ1) is 13.2. The van der Waals surface area contributed by atoms with Gasteiger partial charge in [0.05, 0.1) is 5.75 Å². The average molecular weight is 261 g/mol. The third kappa shape index (κ3) is 4.36. The van der Waals surface area contributed by atoms with Gasteiger partial charge in [-0.1, -0.05) is 18.7 Å². The predicted molar refractivity (Wildman–Crippen MR) is 66.2 cm³/mol. The molecule has 0 atom stereocenters. The van der Waals surface area contributed by atoms with Gasteiger partial charge in [0, 0.05) is 23.3 Å². The molecule has 0 aliphatic rings. The van der Waals surface area contributed by atoms with E-state index < -0.39 is 9.84 Å². The van der Waals surface area contributed by atoms with Crippen molar-refractivity contribution < 1.29 is 8.42 Å². The summed E-state index contributed by atoms with van der Waals surface area (Å²) in [6, 6.07) is 1.67. The summed E-state index contributed by atoms with van der Waals surface area (Å²) in [5.74, 6) is 1.18.